The van der Waals surface area contributed by atoms with Gasteiger partial charge in [-0.2, -0.15) is 13.2 Å². The minimum Gasteiger partial charge on any atom is -0.361 e. The summed E-state index contributed by atoms with van der Waals surface area (Å²) < 4.78 is 36.7. The van der Waals surface area contributed by atoms with E-state index >= 15 is 0 Å². The van der Waals surface area contributed by atoms with E-state index in [-0.39, 0.29) is 6.04 Å². The maximum atomic E-state index is 12.2. The maximum Gasteiger partial charge on any atom is 0.406 e. The second kappa shape index (κ2) is 5.67. The molecule has 0 saturated carbocycles. The predicted octanol–water partition coefficient (Wildman–Crippen LogP) is 3.43. The fourth-order valence-electron chi connectivity index (χ4n) is 2.06. The number of halogens is 3. The minimum atomic E-state index is -4.40. The number of aromatic nitrogens is 1. The third-order valence-electron chi connectivity index (χ3n) is 3.18. The van der Waals surface area contributed by atoms with Gasteiger partial charge in [0.25, 0.3) is 0 Å². The Morgan fingerprint density at radius 2 is 2.10 bits per heavy atom. The summed E-state index contributed by atoms with van der Waals surface area (Å²) in [5, 5.41) is 3.54. The van der Waals surface area contributed by atoms with Gasteiger partial charge >= 0.3 is 12.2 Å². The van der Waals surface area contributed by atoms with Gasteiger partial charge in [-0.15, -0.1) is 0 Å². The van der Waals surface area contributed by atoms with Crippen LogP contribution in [0.25, 0.3) is 10.9 Å². The zero-order valence-corrected chi connectivity index (χ0v) is 11.7. The number of hydrogen-bond donors (Lipinski definition) is 2. The van der Waals surface area contributed by atoms with Gasteiger partial charge in [0.2, 0.25) is 0 Å². The maximum absolute atomic E-state index is 12.2. The van der Waals surface area contributed by atoms with Crippen LogP contribution in [-0.4, -0.2) is 35.7 Å². The molecule has 4 nitrogen and oxygen atoms in total. The molecule has 2 aromatic rings. The van der Waals surface area contributed by atoms with E-state index in [0.717, 1.165) is 23.5 Å². The molecule has 0 unspecified atom stereocenters. The molecule has 2 amide bonds. The van der Waals surface area contributed by atoms with Crippen LogP contribution in [0.15, 0.2) is 30.5 Å². The third kappa shape index (κ3) is 3.90. The number of hydrogen-bond acceptors (Lipinski definition) is 1. The van der Waals surface area contributed by atoms with Crippen LogP contribution >= 0.6 is 0 Å². The van der Waals surface area contributed by atoms with E-state index in [1.807, 2.05) is 24.3 Å². The Labute approximate surface area is 119 Å². The van der Waals surface area contributed by atoms with E-state index in [2.05, 4.69) is 10.3 Å². The summed E-state index contributed by atoms with van der Waals surface area (Å²) in [6, 6.07) is 6.34. The Hall–Kier alpha value is -2.18. The van der Waals surface area contributed by atoms with Crippen molar-refractivity contribution in [2.75, 3.05) is 13.6 Å². The van der Waals surface area contributed by atoms with Gasteiger partial charge in [-0.3, -0.25) is 0 Å². The van der Waals surface area contributed by atoms with Crippen LogP contribution < -0.4 is 5.32 Å². The van der Waals surface area contributed by atoms with Crippen LogP contribution in [0.2, 0.25) is 0 Å². The number of urea groups is 1. The molecule has 21 heavy (non-hydrogen) atoms. The molecular formula is C14H16F3N3O. The molecule has 114 valence electrons. The van der Waals surface area contributed by atoms with Crippen LogP contribution in [0.3, 0.4) is 0 Å². The molecule has 0 fully saturated rings. The SMILES string of the molecule is C[C@@H](NC(=O)N(C)CC(F)(F)F)c1ccc2[nH]ccc2c1. The number of fused-ring (bicyclic) bond motifs is 1. The molecule has 1 aromatic carbocycles. The van der Waals surface area contributed by atoms with Gasteiger partial charge in [-0.25, -0.2) is 4.79 Å². The largest absolute Gasteiger partial charge is 0.406 e. The smallest absolute Gasteiger partial charge is 0.361 e. The van der Waals surface area contributed by atoms with Crippen molar-refractivity contribution in [1.82, 2.24) is 15.2 Å². The number of nitrogens with one attached hydrogen (secondary N) is 2. The van der Waals surface area contributed by atoms with Crippen LogP contribution in [0.4, 0.5) is 18.0 Å². The molecule has 0 aliphatic carbocycles. The summed E-state index contributed by atoms with van der Waals surface area (Å²) in [5.74, 6) is 0. The van der Waals surface area contributed by atoms with Gasteiger partial charge in [0, 0.05) is 18.8 Å². The van der Waals surface area contributed by atoms with E-state index in [0.29, 0.717) is 4.90 Å². The number of alkyl halides is 3. The van der Waals surface area contributed by atoms with Crippen molar-refractivity contribution in [1.29, 1.82) is 0 Å². The number of rotatable bonds is 3. The van der Waals surface area contributed by atoms with Crippen molar-refractivity contribution in [3.63, 3.8) is 0 Å². The average molecular weight is 299 g/mol. The quantitative estimate of drug-likeness (QED) is 0.896. The van der Waals surface area contributed by atoms with E-state index in [1.54, 1.807) is 13.1 Å². The van der Waals surface area contributed by atoms with Gasteiger partial charge in [-0.05, 0) is 36.1 Å². The van der Waals surface area contributed by atoms with Crippen LogP contribution in [0, 0.1) is 0 Å². The van der Waals surface area contributed by atoms with Gasteiger partial charge in [0.05, 0.1) is 6.04 Å². The standard InChI is InChI=1S/C14H16F3N3O/c1-9(19-13(21)20(2)8-14(15,16)17)10-3-4-12-11(7-10)5-6-18-12/h3-7,9,18H,8H2,1-2H3,(H,19,21)/t9-/m1/s1. The number of amides is 2. The zero-order valence-electron chi connectivity index (χ0n) is 11.7. The average Bonchev–Trinajstić information content (AvgIpc) is 2.83. The second-order valence-electron chi connectivity index (χ2n) is 4.97. The monoisotopic (exact) mass is 299 g/mol. The fraction of sp³-hybridized carbons (Fsp3) is 0.357. The molecule has 1 aromatic heterocycles. The molecule has 1 atom stereocenters. The van der Waals surface area contributed by atoms with Crippen molar-refractivity contribution in [2.45, 2.75) is 19.1 Å². The lowest BCUT2D eigenvalue weighted by atomic mass is 10.1. The van der Waals surface area contributed by atoms with E-state index < -0.39 is 18.8 Å². The lowest BCUT2D eigenvalue weighted by Gasteiger charge is -2.22. The minimum absolute atomic E-state index is 0.382. The highest BCUT2D eigenvalue weighted by Gasteiger charge is 2.31. The molecule has 2 rings (SSSR count). The normalized spacial score (nSPS) is 13.2. The molecule has 0 saturated heterocycles. The highest BCUT2D eigenvalue weighted by molar-refractivity contribution is 5.80. The molecule has 0 aliphatic rings. The van der Waals surface area contributed by atoms with Gasteiger partial charge in [-0.1, -0.05) is 6.07 Å². The fourth-order valence-corrected chi connectivity index (χ4v) is 2.06. The first kappa shape index (κ1) is 15.2. The zero-order chi connectivity index (χ0) is 15.6. The number of carbonyl (C=O) groups is 1. The first-order valence-corrected chi connectivity index (χ1v) is 6.42. The predicted molar refractivity (Wildman–Crippen MR) is 73.9 cm³/mol. The van der Waals surface area contributed by atoms with Gasteiger partial charge in [0.1, 0.15) is 6.54 Å². The first-order chi connectivity index (χ1) is 9.76. The number of carbonyl (C=O) groups excluding carboxylic acids is 1. The highest BCUT2D eigenvalue weighted by atomic mass is 19.4. The first-order valence-electron chi connectivity index (χ1n) is 6.42. The number of aromatic amines is 1. The molecule has 0 bridgehead atoms. The molecular weight excluding hydrogens is 283 g/mol. The summed E-state index contributed by atoms with van der Waals surface area (Å²) in [6.07, 6.45) is -2.60. The molecule has 2 N–H and O–H groups in total. The molecule has 7 heteroatoms. The Morgan fingerprint density at radius 3 is 2.76 bits per heavy atom. The van der Waals surface area contributed by atoms with Gasteiger partial charge < -0.3 is 15.2 Å². The Morgan fingerprint density at radius 1 is 1.38 bits per heavy atom. The second-order valence-corrected chi connectivity index (χ2v) is 4.97. The molecule has 0 spiro atoms. The highest BCUT2D eigenvalue weighted by Crippen LogP contribution is 2.20. The number of benzene rings is 1. The van der Waals surface area contributed by atoms with Crippen molar-refractivity contribution in [2.24, 2.45) is 0 Å². The molecule has 1 heterocycles. The molecule has 0 aliphatic heterocycles. The number of H-pyrrole nitrogens is 1. The Kier molecular flexibility index (Phi) is 4.11. The summed E-state index contributed by atoms with van der Waals surface area (Å²) in [7, 11) is 1.12. The van der Waals surface area contributed by atoms with E-state index in [4.69, 9.17) is 0 Å². The summed E-state index contributed by atoms with van der Waals surface area (Å²) >= 11 is 0. The van der Waals surface area contributed by atoms with Crippen molar-refractivity contribution in [3.05, 3.63) is 36.0 Å². The number of nitrogens with zero attached hydrogens (tertiary/aromatic N) is 1. The summed E-state index contributed by atoms with van der Waals surface area (Å²) in [5.41, 5.74) is 1.79. The van der Waals surface area contributed by atoms with Crippen LogP contribution in [0.1, 0.15) is 18.5 Å². The van der Waals surface area contributed by atoms with Crippen molar-refractivity contribution < 1.29 is 18.0 Å². The van der Waals surface area contributed by atoms with Crippen LogP contribution in [-0.2, 0) is 0 Å². The Balaban J connectivity index is 2.03. The third-order valence-corrected chi connectivity index (χ3v) is 3.18. The topological polar surface area (TPSA) is 48.1 Å². The Bertz CT molecular complexity index is 636. The van der Waals surface area contributed by atoms with Crippen molar-refractivity contribution >= 4 is 16.9 Å². The van der Waals surface area contributed by atoms with E-state index in [9.17, 15) is 18.0 Å². The summed E-state index contributed by atoms with van der Waals surface area (Å²) in [4.78, 5) is 15.4. The lowest BCUT2D eigenvalue weighted by Crippen LogP contribution is -2.43. The van der Waals surface area contributed by atoms with E-state index in [1.165, 1.54) is 0 Å². The molecule has 0 radical (unpaired) electrons. The van der Waals surface area contributed by atoms with Crippen LogP contribution in [0.5, 0.6) is 0 Å². The lowest BCUT2D eigenvalue weighted by molar-refractivity contribution is -0.137. The van der Waals surface area contributed by atoms with Gasteiger partial charge in [0.15, 0.2) is 0 Å². The van der Waals surface area contributed by atoms with Crippen molar-refractivity contribution in [3.8, 4) is 0 Å². The summed E-state index contributed by atoms with van der Waals surface area (Å²) in [6.45, 7) is 0.454.